The fourth-order valence-electron chi connectivity index (χ4n) is 0.661. The maximum Gasteiger partial charge on any atom is 0.0252 e. The first kappa shape index (κ1) is 8.41. The molecule has 1 nitrogen and oxygen atoms in total. The number of hydrogen-bond acceptors (Lipinski definition) is 1. The molecule has 1 heteroatoms. The standard InChI is InChI=1S/C8H15N/c1-4-6-8(3)7-9-5-2/h5,7H,4,6H2,1-3H3/b8-7+,9-5?. The van der Waals surface area contributed by atoms with Gasteiger partial charge in [-0.05, 0) is 20.3 Å². The lowest BCUT2D eigenvalue weighted by Gasteiger charge is -1.91. The molecule has 0 aromatic heterocycles. The van der Waals surface area contributed by atoms with Crippen molar-refractivity contribution in [1.82, 2.24) is 0 Å². The second kappa shape index (κ2) is 5.54. The van der Waals surface area contributed by atoms with E-state index in [4.69, 9.17) is 0 Å². The van der Waals surface area contributed by atoms with Crippen LogP contribution in [0, 0.1) is 0 Å². The van der Waals surface area contributed by atoms with E-state index < -0.39 is 0 Å². The van der Waals surface area contributed by atoms with E-state index >= 15 is 0 Å². The summed E-state index contributed by atoms with van der Waals surface area (Å²) in [5.41, 5.74) is 1.36. The predicted octanol–water partition coefficient (Wildman–Crippen LogP) is 2.78. The van der Waals surface area contributed by atoms with Gasteiger partial charge in [0.1, 0.15) is 0 Å². The normalized spacial score (nSPS) is 13.0. The highest BCUT2D eigenvalue weighted by Crippen LogP contribution is 2.01. The molecular formula is C8H15N. The van der Waals surface area contributed by atoms with Crippen LogP contribution in [0.2, 0.25) is 0 Å². The van der Waals surface area contributed by atoms with Gasteiger partial charge >= 0.3 is 0 Å². The molecule has 9 heavy (non-hydrogen) atoms. The molecule has 52 valence electrons. The molecule has 0 aromatic carbocycles. The maximum atomic E-state index is 4.00. The van der Waals surface area contributed by atoms with Crippen LogP contribution in [-0.4, -0.2) is 6.21 Å². The molecule has 0 aliphatic rings. The highest BCUT2D eigenvalue weighted by molar-refractivity contribution is 5.54. The Kier molecular flexibility index (Phi) is 5.18. The van der Waals surface area contributed by atoms with Gasteiger partial charge in [-0.1, -0.05) is 18.9 Å². The van der Waals surface area contributed by atoms with Crippen LogP contribution >= 0.6 is 0 Å². The van der Waals surface area contributed by atoms with Gasteiger partial charge < -0.3 is 0 Å². The van der Waals surface area contributed by atoms with Gasteiger partial charge in [-0.2, -0.15) is 0 Å². The molecule has 0 aliphatic carbocycles. The minimum absolute atomic E-state index is 1.16. The summed E-state index contributed by atoms with van der Waals surface area (Å²) in [5, 5.41) is 0. The third kappa shape index (κ3) is 5.28. The summed E-state index contributed by atoms with van der Waals surface area (Å²) in [6.45, 7) is 6.21. The topological polar surface area (TPSA) is 12.4 Å². The number of allylic oxidation sites excluding steroid dienone is 1. The Hall–Kier alpha value is -0.590. The van der Waals surface area contributed by atoms with Gasteiger partial charge in [-0.25, -0.2) is 0 Å². The van der Waals surface area contributed by atoms with Gasteiger partial charge in [0, 0.05) is 12.4 Å². The Bertz CT molecular complexity index is 112. The summed E-state index contributed by atoms with van der Waals surface area (Å²) in [6, 6.07) is 0. The minimum Gasteiger partial charge on any atom is -0.269 e. The first-order valence-corrected chi connectivity index (χ1v) is 3.44. The second-order valence-electron chi connectivity index (χ2n) is 2.13. The molecule has 0 saturated carbocycles. The van der Waals surface area contributed by atoms with Crippen molar-refractivity contribution in [2.75, 3.05) is 0 Å². The molecule has 0 spiro atoms. The summed E-state index contributed by atoms with van der Waals surface area (Å²) in [7, 11) is 0. The Morgan fingerprint density at radius 2 is 2.22 bits per heavy atom. The molecule has 0 radical (unpaired) electrons. The van der Waals surface area contributed by atoms with Crippen molar-refractivity contribution in [3.05, 3.63) is 11.8 Å². The summed E-state index contributed by atoms with van der Waals surface area (Å²) in [6.07, 6.45) is 6.10. The van der Waals surface area contributed by atoms with E-state index in [2.05, 4.69) is 18.8 Å². The molecule has 0 amide bonds. The first-order valence-electron chi connectivity index (χ1n) is 3.44. The van der Waals surface area contributed by atoms with Gasteiger partial charge in [0.25, 0.3) is 0 Å². The van der Waals surface area contributed by atoms with Crippen molar-refractivity contribution in [2.45, 2.75) is 33.6 Å². The molecule has 0 saturated heterocycles. The van der Waals surface area contributed by atoms with Crippen LogP contribution < -0.4 is 0 Å². The molecule has 0 aliphatic heterocycles. The van der Waals surface area contributed by atoms with Crippen molar-refractivity contribution in [2.24, 2.45) is 4.99 Å². The molecule has 0 unspecified atom stereocenters. The molecule has 0 fully saturated rings. The Balaban J connectivity index is 3.55. The number of aliphatic imine (C=N–C) groups is 1. The monoisotopic (exact) mass is 125 g/mol. The minimum atomic E-state index is 1.16. The van der Waals surface area contributed by atoms with Crippen molar-refractivity contribution >= 4 is 6.21 Å². The second-order valence-corrected chi connectivity index (χ2v) is 2.13. The molecule has 0 bridgehead atoms. The van der Waals surface area contributed by atoms with E-state index in [1.54, 1.807) is 6.21 Å². The highest BCUT2D eigenvalue weighted by Gasteiger charge is 1.82. The zero-order valence-corrected chi connectivity index (χ0v) is 6.52. The summed E-state index contributed by atoms with van der Waals surface area (Å²) < 4.78 is 0. The average molecular weight is 125 g/mol. The number of rotatable bonds is 3. The van der Waals surface area contributed by atoms with Crippen molar-refractivity contribution in [3.8, 4) is 0 Å². The van der Waals surface area contributed by atoms with E-state index in [1.807, 2.05) is 13.1 Å². The smallest absolute Gasteiger partial charge is 0.0252 e. The predicted molar refractivity (Wildman–Crippen MR) is 42.8 cm³/mol. The summed E-state index contributed by atoms with van der Waals surface area (Å²) in [4.78, 5) is 4.00. The van der Waals surface area contributed by atoms with Crippen molar-refractivity contribution in [1.29, 1.82) is 0 Å². The number of hydrogen-bond donors (Lipinski definition) is 0. The van der Waals surface area contributed by atoms with Crippen LogP contribution in [0.25, 0.3) is 0 Å². The quantitative estimate of drug-likeness (QED) is 0.514. The summed E-state index contributed by atoms with van der Waals surface area (Å²) in [5.74, 6) is 0. The lowest BCUT2D eigenvalue weighted by Crippen LogP contribution is -1.72. The fraction of sp³-hybridized carbons (Fsp3) is 0.625. The van der Waals surface area contributed by atoms with E-state index in [0.29, 0.717) is 0 Å². The van der Waals surface area contributed by atoms with E-state index in [1.165, 1.54) is 12.0 Å². The number of nitrogens with zero attached hydrogens (tertiary/aromatic N) is 1. The van der Waals surface area contributed by atoms with Gasteiger partial charge in [0.05, 0.1) is 0 Å². The van der Waals surface area contributed by atoms with Crippen molar-refractivity contribution < 1.29 is 0 Å². The lowest BCUT2D eigenvalue weighted by molar-refractivity contribution is 0.901. The Morgan fingerprint density at radius 1 is 1.56 bits per heavy atom. The zero-order chi connectivity index (χ0) is 7.11. The van der Waals surface area contributed by atoms with E-state index in [9.17, 15) is 0 Å². The van der Waals surface area contributed by atoms with E-state index in [-0.39, 0.29) is 0 Å². The third-order valence-corrected chi connectivity index (χ3v) is 1.09. The van der Waals surface area contributed by atoms with Crippen LogP contribution in [0.1, 0.15) is 33.6 Å². The lowest BCUT2D eigenvalue weighted by atomic mass is 10.2. The molecule has 0 heterocycles. The van der Waals surface area contributed by atoms with Crippen LogP contribution in [0.15, 0.2) is 16.8 Å². The van der Waals surface area contributed by atoms with Crippen LogP contribution in [0.3, 0.4) is 0 Å². The summed E-state index contributed by atoms with van der Waals surface area (Å²) >= 11 is 0. The third-order valence-electron chi connectivity index (χ3n) is 1.09. The Morgan fingerprint density at radius 3 is 2.67 bits per heavy atom. The van der Waals surface area contributed by atoms with Crippen LogP contribution in [0.4, 0.5) is 0 Å². The Labute approximate surface area is 57.5 Å². The average Bonchev–Trinajstić information content (AvgIpc) is 1.85. The zero-order valence-electron chi connectivity index (χ0n) is 6.52. The van der Waals surface area contributed by atoms with Gasteiger partial charge in [-0.3, -0.25) is 4.99 Å². The maximum absolute atomic E-state index is 4.00. The SMILES string of the molecule is CC=N/C=C(\C)CCC. The highest BCUT2D eigenvalue weighted by atomic mass is 14.7. The van der Waals surface area contributed by atoms with Crippen molar-refractivity contribution in [3.63, 3.8) is 0 Å². The molecule has 0 N–H and O–H groups in total. The van der Waals surface area contributed by atoms with Gasteiger partial charge in [-0.15, -0.1) is 0 Å². The first-order chi connectivity index (χ1) is 4.31. The fourth-order valence-corrected chi connectivity index (χ4v) is 0.661. The largest absolute Gasteiger partial charge is 0.269 e. The van der Waals surface area contributed by atoms with Crippen LogP contribution in [0.5, 0.6) is 0 Å². The molecule has 0 aromatic rings. The van der Waals surface area contributed by atoms with E-state index in [0.717, 1.165) is 6.42 Å². The molecule has 0 atom stereocenters. The van der Waals surface area contributed by atoms with Gasteiger partial charge in [0.2, 0.25) is 0 Å². The molecular weight excluding hydrogens is 110 g/mol. The van der Waals surface area contributed by atoms with Gasteiger partial charge in [0.15, 0.2) is 0 Å². The molecule has 0 rings (SSSR count). The van der Waals surface area contributed by atoms with Crippen LogP contribution in [-0.2, 0) is 0 Å².